The van der Waals surface area contributed by atoms with E-state index in [-0.39, 0.29) is 5.82 Å². The fourth-order valence-electron chi connectivity index (χ4n) is 1.53. The van der Waals surface area contributed by atoms with Crippen LogP contribution >= 0.6 is 0 Å². The van der Waals surface area contributed by atoms with Crippen molar-refractivity contribution in [1.29, 1.82) is 0 Å². The summed E-state index contributed by atoms with van der Waals surface area (Å²) < 4.78 is 38.3. The lowest BCUT2D eigenvalue weighted by Gasteiger charge is -2.13. The highest BCUT2D eigenvalue weighted by Crippen LogP contribution is 2.35. The van der Waals surface area contributed by atoms with Gasteiger partial charge in [0, 0.05) is 0 Å². The zero-order chi connectivity index (χ0) is 13.3. The maximum atomic E-state index is 12.4. The van der Waals surface area contributed by atoms with Gasteiger partial charge < -0.3 is 10.8 Å². The van der Waals surface area contributed by atoms with Crippen molar-refractivity contribution in [2.75, 3.05) is 5.73 Å². The van der Waals surface area contributed by atoms with Gasteiger partial charge in [0.1, 0.15) is 5.82 Å². The normalized spacial score (nSPS) is 13.6. The zero-order valence-electron chi connectivity index (χ0n) is 9.09. The van der Waals surface area contributed by atoms with Gasteiger partial charge in [-0.1, -0.05) is 18.2 Å². The van der Waals surface area contributed by atoms with Crippen molar-refractivity contribution in [3.8, 4) is 5.69 Å². The van der Waals surface area contributed by atoms with Crippen molar-refractivity contribution in [3.05, 3.63) is 42.1 Å². The van der Waals surface area contributed by atoms with Crippen molar-refractivity contribution in [1.82, 2.24) is 9.78 Å². The number of hydrogen-bond donors (Lipinski definition) is 2. The summed E-state index contributed by atoms with van der Waals surface area (Å²) in [7, 11) is 0. The molecular formula is C11H10F3N3O. The Morgan fingerprint density at radius 2 is 1.83 bits per heavy atom. The first-order valence-corrected chi connectivity index (χ1v) is 5.05. The van der Waals surface area contributed by atoms with E-state index >= 15 is 0 Å². The predicted octanol–water partition coefficient (Wildman–Crippen LogP) is 2.05. The number of aliphatic hydroxyl groups excluding tert-OH is 1. The van der Waals surface area contributed by atoms with Crippen LogP contribution in [0.25, 0.3) is 5.69 Å². The van der Waals surface area contributed by atoms with Gasteiger partial charge >= 0.3 is 6.18 Å². The summed E-state index contributed by atoms with van der Waals surface area (Å²) in [6.07, 6.45) is -6.48. The van der Waals surface area contributed by atoms with Crippen LogP contribution in [-0.4, -0.2) is 21.1 Å². The third-order valence-corrected chi connectivity index (χ3v) is 2.44. The fraction of sp³-hybridized carbons (Fsp3) is 0.182. The van der Waals surface area contributed by atoms with Gasteiger partial charge in [-0.05, 0) is 12.1 Å². The van der Waals surface area contributed by atoms with Crippen molar-refractivity contribution < 1.29 is 18.3 Å². The van der Waals surface area contributed by atoms with Crippen LogP contribution in [0, 0.1) is 0 Å². The first kappa shape index (κ1) is 12.4. The lowest BCUT2D eigenvalue weighted by atomic mass is 10.2. The van der Waals surface area contributed by atoms with Crippen LogP contribution in [0.1, 0.15) is 11.7 Å². The first-order valence-electron chi connectivity index (χ1n) is 5.05. The summed E-state index contributed by atoms with van der Waals surface area (Å²) in [6, 6.07) is 8.46. The van der Waals surface area contributed by atoms with E-state index in [9.17, 15) is 13.2 Å². The number of aromatic nitrogens is 2. The topological polar surface area (TPSA) is 64.1 Å². The van der Waals surface area contributed by atoms with Crippen LogP contribution in [0.2, 0.25) is 0 Å². The van der Waals surface area contributed by atoms with Crippen molar-refractivity contribution in [3.63, 3.8) is 0 Å². The van der Waals surface area contributed by atoms with Gasteiger partial charge in [0.15, 0.2) is 6.10 Å². The third kappa shape index (κ3) is 2.17. The van der Waals surface area contributed by atoms with Gasteiger partial charge in [0.2, 0.25) is 0 Å². The lowest BCUT2D eigenvalue weighted by Crippen LogP contribution is -2.21. The third-order valence-electron chi connectivity index (χ3n) is 2.44. The Morgan fingerprint density at radius 1 is 1.22 bits per heavy atom. The quantitative estimate of drug-likeness (QED) is 0.865. The number of alkyl halides is 3. The van der Waals surface area contributed by atoms with Crippen LogP contribution < -0.4 is 5.73 Å². The Hall–Kier alpha value is -2.02. The van der Waals surface area contributed by atoms with Crippen LogP contribution in [0.5, 0.6) is 0 Å². The summed E-state index contributed by atoms with van der Waals surface area (Å²) in [4.78, 5) is 0. The van der Waals surface area contributed by atoms with Gasteiger partial charge in [-0.15, -0.1) is 0 Å². The highest BCUT2D eigenvalue weighted by molar-refractivity contribution is 5.48. The molecule has 0 saturated carbocycles. The fourth-order valence-corrected chi connectivity index (χ4v) is 1.53. The Balaban J connectivity index is 2.42. The molecule has 0 spiro atoms. The molecule has 1 aromatic heterocycles. The summed E-state index contributed by atoms with van der Waals surface area (Å²) >= 11 is 0. The smallest absolute Gasteiger partial charge is 0.383 e. The molecule has 3 N–H and O–H groups in total. The molecule has 1 heterocycles. The highest BCUT2D eigenvalue weighted by atomic mass is 19.4. The maximum Gasteiger partial charge on any atom is 0.418 e. The molecule has 0 bridgehead atoms. The predicted molar refractivity (Wildman–Crippen MR) is 59.0 cm³/mol. The number of aliphatic hydroxyl groups is 1. The van der Waals surface area contributed by atoms with E-state index in [0.29, 0.717) is 5.69 Å². The molecule has 7 heteroatoms. The molecule has 96 valence electrons. The molecule has 1 unspecified atom stereocenters. The molecule has 18 heavy (non-hydrogen) atoms. The van der Waals surface area contributed by atoms with Gasteiger partial charge in [-0.2, -0.15) is 18.3 Å². The number of nitrogens with zero attached hydrogens (tertiary/aromatic N) is 2. The Bertz CT molecular complexity index is 536. The summed E-state index contributed by atoms with van der Waals surface area (Å²) in [6.45, 7) is 0. The first-order chi connectivity index (χ1) is 8.41. The number of rotatable bonds is 2. The minimum absolute atomic E-state index is 0.231. The number of para-hydroxylation sites is 1. The monoisotopic (exact) mass is 257 g/mol. The van der Waals surface area contributed by atoms with Crippen molar-refractivity contribution in [2.45, 2.75) is 12.3 Å². The SMILES string of the molecule is Nc1c(C(O)C(F)(F)F)cnn1-c1ccccc1. The standard InChI is InChI=1S/C11H10F3N3O/c12-11(13,14)9(18)8-6-16-17(10(8)15)7-4-2-1-3-5-7/h1-6,9,18H,15H2. The van der Waals surface area contributed by atoms with Crippen LogP contribution in [0.3, 0.4) is 0 Å². The van der Waals surface area contributed by atoms with Crippen molar-refractivity contribution >= 4 is 5.82 Å². The maximum absolute atomic E-state index is 12.4. The van der Waals surface area contributed by atoms with Gasteiger partial charge in [-0.25, -0.2) is 4.68 Å². The van der Waals surface area contributed by atoms with E-state index in [2.05, 4.69) is 5.10 Å². The highest BCUT2D eigenvalue weighted by Gasteiger charge is 2.41. The summed E-state index contributed by atoms with van der Waals surface area (Å²) in [5, 5.41) is 12.9. The molecule has 2 rings (SSSR count). The number of hydrogen-bond acceptors (Lipinski definition) is 3. The lowest BCUT2D eigenvalue weighted by molar-refractivity contribution is -0.206. The second-order valence-electron chi connectivity index (χ2n) is 3.68. The number of nitrogen functional groups attached to an aromatic ring is 1. The van der Waals surface area contributed by atoms with Gasteiger partial charge in [0.25, 0.3) is 0 Å². The van der Waals surface area contributed by atoms with E-state index in [4.69, 9.17) is 10.8 Å². The minimum Gasteiger partial charge on any atom is -0.383 e. The Labute approximate surface area is 100 Å². The van der Waals surface area contributed by atoms with Crippen LogP contribution in [-0.2, 0) is 0 Å². The molecule has 0 amide bonds. The number of nitrogens with two attached hydrogens (primary N) is 1. The molecule has 0 fully saturated rings. The summed E-state index contributed by atoms with van der Waals surface area (Å²) in [5.41, 5.74) is 5.64. The van der Waals surface area contributed by atoms with Crippen LogP contribution in [0.4, 0.5) is 19.0 Å². The van der Waals surface area contributed by atoms with Crippen molar-refractivity contribution in [2.24, 2.45) is 0 Å². The zero-order valence-corrected chi connectivity index (χ0v) is 9.09. The molecule has 0 radical (unpaired) electrons. The number of halogens is 3. The second-order valence-corrected chi connectivity index (χ2v) is 3.68. The molecule has 0 saturated heterocycles. The van der Waals surface area contributed by atoms with E-state index in [1.54, 1.807) is 30.3 Å². The Kier molecular flexibility index (Phi) is 3.00. The molecular weight excluding hydrogens is 247 g/mol. The number of benzene rings is 1. The number of anilines is 1. The van der Waals surface area contributed by atoms with E-state index in [0.717, 1.165) is 10.9 Å². The van der Waals surface area contributed by atoms with Gasteiger partial charge in [0.05, 0.1) is 17.4 Å². The second kappa shape index (κ2) is 4.34. The molecule has 1 atom stereocenters. The largest absolute Gasteiger partial charge is 0.418 e. The van der Waals surface area contributed by atoms with E-state index in [1.807, 2.05) is 0 Å². The van der Waals surface area contributed by atoms with Crippen LogP contribution in [0.15, 0.2) is 36.5 Å². The molecule has 1 aromatic carbocycles. The molecule has 2 aromatic rings. The molecule has 0 aliphatic heterocycles. The minimum atomic E-state index is -4.77. The average molecular weight is 257 g/mol. The van der Waals surface area contributed by atoms with E-state index in [1.165, 1.54) is 0 Å². The molecule has 0 aliphatic carbocycles. The summed E-state index contributed by atoms with van der Waals surface area (Å²) in [5.74, 6) is -0.231. The van der Waals surface area contributed by atoms with E-state index < -0.39 is 17.8 Å². The molecule has 4 nitrogen and oxygen atoms in total. The van der Waals surface area contributed by atoms with Gasteiger partial charge in [-0.3, -0.25) is 0 Å². The molecule has 0 aliphatic rings. The Morgan fingerprint density at radius 3 is 2.39 bits per heavy atom. The average Bonchev–Trinajstić information content (AvgIpc) is 2.70.